The second-order valence-corrected chi connectivity index (χ2v) is 7.00. The lowest BCUT2D eigenvalue weighted by Gasteiger charge is -2.27. The number of benzene rings is 1. The van der Waals surface area contributed by atoms with Crippen molar-refractivity contribution in [3.05, 3.63) is 35.9 Å². The van der Waals surface area contributed by atoms with E-state index in [1.807, 2.05) is 58.0 Å². The molecule has 5 heteroatoms. The van der Waals surface area contributed by atoms with Crippen LogP contribution in [0.3, 0.4) is 0 Å². The van der Waals surface area contributed by atoms with Crippen molar-refractivity contribution in [3.63, 3.8) is 0 Å². The van der Waals surface area contributed by atoms with E-state index < -0.39 is 17.7 Å². The SMILES string of the molecule is C[C@@H]1CN(C(=O)OC(C)(C)C)[C@@H](C=O)[C@@H]1OCc1ccccc1. The summed E-state index contributed by atoms with van der Waals surface area (Å²) in [6.07, 6.45) is -0.00390. The second-order valence-electron chi connectivity index (χ2n) is 7.00. The molecule has 0 radical (unpaired) electrons. The highest BCUT2D eigenvalue weighted by Gasteiger charge is 2.44. The Hall–Kier alpha value is -1.88. The lowest BCUT2D eigenvalue weighted by molar-refractivity contribution is -0.116. The molecule has 1 aromatic rings. The van der Waals surface area contributed by atoms with Gasteiger partial charge in [0.25, 0.3) is 0 Å². The van der Waals surface area contributed by atoms with Crippen LogP contribution in [0.15, 0.2) is 30.3 Å². The number of carbonyl (C=O) groups is 2. The van der Waals surface area contributed by atoms with Crippen molar-refractivity contribution in [2.24, 2.45) is 5.92 Å². The molecule has 0 unspecified atom stereocenters. The first-order valence-corrected chi connectivity index (χ1v) is 7.92. The standard InChI is InChI=1S/C18H25NO4/c1-13-10-19(17(21)23-18(2,3)4)15(11-20)16(13)22-12-14-8-6-5-7-9-14/h5-9,11,13,15-16H,10,12H2,1-4H3/t13-,15+,16-/m1/s1. The van der Waals surface area contributed by atoms with Gasteiger partial charge < -0.3 is 14.3 Å². The maximum absolute atomic E-state index is 12.3. The van der Waals surface area contributed by atoms with E-state index in [-0.39, 0.29) is 12.0 Å². The van der Waals surface area contributed by atoms with Crippen LogP contribution < -0.4 is 0 Å². The zero-order valence-corrected chi connectivity index (χ0v) is 14.2. The Morgan fingerprint density at radius 2 is 1.96 bits per heavy atom. The van der Waals surface area contributed by atoms with Gasteiger partial charge in [0.2, 0.25) is 0 Å². The summed E-state index contributed by atoms with van der Waals surface area (Å²) in [7, 11) is 0. The van der Waals surface area contributed by atoms with Gasteiger partial charge in [-0.25, -0.2) is 4.79 Å². The third-order valence-electron chi connectivity index (χ3n) is 3.79. The van der Waals surface area contributed by atoms with Gasteiger partial charge in [0.15, 0.2) is 0 Å². The monoisotopic (exact) mass is 319 g/mol. The number of ether oxygens (including phenoxy) is 2. The molecule has 0 N–H and O–H groups in total. The molecule has 0 aromatic heterocycles. The van der Waals surface area contributed by atoms with E-state index >= 15 is 0 Å². The van der Waals surface area contributed by atoms with Gasteiger partial charge in [0.05, 0.1) is 12.7 Å². The van der Waals surface area contributed by atoms with Crippen molar-refractivity contribution in [3.8, 4) is 0 Å². The summed E-state index contributed by atoms with van der Waals surface area (Å²) in [5.41, 5.74) is 0.455. The minimum Gasteiger partial charge on any atom is -0.444 e. The molecule has 0 bridgehead atoms. The largest absolute Gasteiger partial charge is 0.444 e. The fraction of sp³-hybridized carbons (Fsp3) is 0.556. The maximum Gasteiger partial charge on any atom is 0.410 e. The van der Waals surface area contributed by atoms with Crippen molar-refractivity contribution in [2.45, 2.75) is 52.0 Å². The van der Waals surface area contributed by atoms with Gasteiger partial charge in [0, 0.05) is 12.5 Å². The van der Waals surface area contributed by atoms with Gasteiger partial charge in [-0.05, 0) is 26.3 Å². The Bertz CT molecular complexity index is 538. The number of carbonyl (C=O) groups excluding carboxylic acids is 2. The number of rotatable bonds is 4. The van der Waals surface area contributed by atoms with Gasteiger partial charge in [0.1, 0.15) is 17.9 Å². The number of aldehydes is 1. The zero-order chi connectivity index (χ0) is 17.0. The lowest BCUT2D eigenvalue weighted by Crippen LogP contribution is -2.44. The van der Waals surface area contributed by atoms with Crippen molar-refractivity contribution >= 4 is 12.4 Å². The van der Waals surface area contributed by atoms with E-state index in [4.69, 9.17) is 9.47 Å². The van der Waals surface area contributed by atoms with Crippen molar-refractivity contribution in [2.75, 3.05) is 6.54 Å². The number of nitrogens with zero attached hydrogens (tertiary/aromatic N) is 1. The van der Waals surface area contributed by atoms with Gasteiger partial charge >= 0.3 is 6.09 Å². The third kappa shape index (κ3) is 4.55. The van der Waals surface area contributed by atoms with E-state index in [9.17, 15) is 9.59 Å². The zero-order valence-electron chi connectivity index (χ0n) is 14.2. The fourth-order valence-electron chi connectivity index (χ4n) is 2.75. The molecule has 5 nitrogen and oxygen atoms in total. The van der Waals surface area contributed by atoms with Gasteiger partial charge in [-0.3, -0.25) is 4.90 Å². The van der Waals surface area contributed by atoms with Crippen LogP contribution in [0.4, 0.5) is 4.79 Å². The van der Waals surface area contributed by atoms with Crippen molar-refractivity contribution in [1.29, 1.82) is 0 Å². The molecule has 1 aliphatic heterocycles. The highest BCUT2D eigenvalue weighted by molar-refractivity contribution is 5.75. The number of hydrogen-bond donors (Lipinski definition) is 0. The van der Waals surface area contributed by atoms with Crippen LogP contribution in [0.2, 0.25) is 0 Å². The topological polar surface area (TPSA) is 55.8 Å². The molecule has 126 valence electrons. The fourth-order valence-corrected chi connectivity index (χ4v) is 2.75. The number of likely N-dealkylation sites (tertiary alicyclic amines) is 1. The summed E-state index contributed by atoms with van der Waals surface area (Å²) in [5, 5.41) is 0. The Morgan fingerprint density at radius 3 is 2.52 bits per heavy atom. The highest BCUT2D eigenvalue weighted by Crippen LogP contribution is 2.28. The van der Waals surface area contributed by atoms with Crippen LogP contribution in [-0.2, 0) is 20.9 Å². The molecule has 2 rings (SSSR count). The van der Waals surface area contributed by atoms with E-state index in [0.717, 1.165) is 11.8 Å². The van der Waals surface area contributed by atoms with Gasteiger partial charge in [-0.15, -0.1) is 0 Å². The van der Waals surface area contributed by atoms with Crippen LogP contribution >= 0.6 is 0 Å². The molecule has 3 atom stereocenters. The Labute approximate surface area is 137 Å². The van der Waals surface area contributed by atoms with Crippen molar-refractivity contribution < 1.29 is 19.1 Å². The molecule has 1 fully saturated rings. The summed E-state index contributed by atoms with van der Waals surface area (Å²) in [6, 6.07) is 9.17. The summed E-state index contributed by atoms with van der Waals surface area (Å²) >= 11 is 0. The second kappa shape index (κ2) is 7.13. The smallest absolute Gasteiger partial charge is 0.410 e. The highest BCUT2D eigenvalue weighted by atomic mass is 16.6. The first-order chi connectivity index (χ1) is 10.8. The third-order valence-corrected chi connectivity index (χ3v) is 3.79. The first-order valence-electron chi connectivity index (χ1n) is 7.92. The quantitative estimate of drug-likeness (QED) is 0.801. The molecule has 0 aliphatic carbocycles. The predicted molar refractivity (Wildman–Crippen MR) is 87.0 cm³/mol. The minimum atomic E-state index is -0.608. The normalized spacial score (nSPS) is 24.5. The number of hydrogen-bond acceptors (Lipinski definition) is 4. The summed E-state index contributed by atoms with van der Waals surface area (Å²) in [4.78, 5) is 25.3. The van der Waals surface area contributed by atoms with Crippen LogP contribution in [0.25, 0.3) is 0 Å². The van der Waals surface area contributed by atoms with E-state index in [2.05, 4.69) is 0 Å². The van der Waals surface area contributed by atoms with Crippen LogP contribution in [-0.4, -0.2) is 41.6 Å². The molecule has 1 heterocycles. The average Bonchev–Trinajstić information content (AvgIpc) is 2.80. The molecule has 23 heavy (non-hydrogen) atoms. The number of amides is 1. The summed E-state index contributed by atoms with van der Waals surface area (Å²) in [6.45, 7) is 8.29. The average molecular weight is 319 g/mol. The molecule has 0 spiro atoms. The van der Waals surface area contributed by atoms with Gasteiger partial charge in [-0.1, -0.05) is 37.3 Å². The van der Waals surface area contributed by atoms with Crippen LogP contribution in [0.1, 0.15) is 33.3 Å². The molecule has 1 amide bonds. The molecule has 1 saturated heterocycles. The van der Waals surface area contributed by atoms with Crippen LogP contribution in [0, 0.1) is 5.92 Å². The molecular formula is C18H25NO4. The summed E-state index contributed by atoms with van der Waals surface area (Å²) < 4.78 is 11.3. The molecule has 0 saturated carbocycles. The Kier molecular flexibility index (Phi) is 5.42. The molecule has 1 aliphatic rings. The Morgan fingerprint density at radius 1 is 1.30 bits per heavy atom. The maximum atomic E-state index is 12.3. The van der Waals surface area contributed by atoms with Crippen LogP contribution in [0.5, 0.6) is 0 Å². The minimum absolute atomic E-state index is 0.0708. The lowest BCUT2D eigenvalue weighted by atomic mass is 10.0. The van der Waals surface area contributed by atoms with Crippen molar-refractivity contribution in [1.82, 2.24) is 4.90 Å². The Balaban J connectivity index is 2.03. The first kappa shape index (κ1) is 17.5. The van der Waals surface area contributed by atoms with Gasteiger partial charge in [-0.2, -0.15) is 0 Å². The molecular weight excluding hydrogens is 294 g/mol. The van der Waals surface area contributed by atoms with E-state index in [1.54, 1.807) is 0 Å². The summed E-state index contributed by atoms with van der Waals surface area (Å²) in [5.74, 6) is 0.0708. The van der Waals surface area contributed by atoms with E-state index in [0.29, 0.717) is 13.2 Å². The molecule has 1 aromatic carbocycles. The van der Waals surface area contributed by atoms with E-state index in [1.165, 1.54) is 4.90 Å². The predicted octanol–water partition coefficient (Wildman–Crippen LogP) is 3.03.